The Morgan fingerprint density at radius 3 is 2.63 bits per heavy atom. The van der Waals surface area contributed by atoms with Crippen molar-refractivity contribution in [3.8, 4) is 0 Å². The van der Waals surface area contributed by atoms with Crippen molar-refractivity contribution in [2.45, 2.75) is 32.2 Å². The van der Waals surface area contributed by atoms with Crippen LogP contribution in [0.4, 0.5) is 5.69 Å². The second-order valence-corrected chi connectivity index (χ2v) is 7.44. The molecule has 9 nitrogen and oxygen atoms in total. The fourth-order valence-corrected chi connectivity index (χ4v) is 3.06. The summed E-state index contributed by atoms with van der Waals surface area (Å²) in [6.07, 6.45) is 3.00. The molecule has 146 valence electrons. The van der Waals surface area contributed by atoms with Crippen molar-refractivity contribution in [1.29, 1.82) is 0 Å². The van der Waals surface area contributed by atoms with Crippen LogP contribution in [-0.4, -0.2) is 37.8 Å². The number of carbonyl (C=O) groups excluding carboxylic acids is 2. The third kappa shape index (κ3) is 6.93. The van der Waals surface area contributed by atoms with E-state index in [4.69, 9.17) is 5.14 Å². The molecule has 2 amide bonds. The van der Waals surface area contributed by atoms with Gasteiger partial charge in [-0.1, -0.05) is 18.2 Å². The Morgan fingerprint density at radius 1 is 1.19 bits per heavy atom. The van der Waals surface area contributed by atoms with E-state index in [1.807, 2.05) is 24.3 Å². The van der Waals surface area contributed by atoms with Crippen LogP contribution in [0.2, 0.25) is 0 Å². The van der Waals surface area contributed by atoms with E-state index in [1.165, 1.54) is 6.92 Å². The zero-order chi connectivity index (χ0) is 19.9. The van der Waals surface area contributed by atoms with E-state index in [2.05, 4.69) is 20.3 Å². The van der Waals surface area contributed by atoms with Crippen LogP contribution in [0.5, 0.6) is 0 Å². The number of hydrogen-bond acceptors (Lipinski definition) is 5. The maximum Gasteiger partial charge on any atom is 0.274 e. The van der Waals surface area contributed by atoms with E-state index in [1.54, 1.807) is 12.3 Å². The Labute approximate surface area is 157 Å². The first-order chi connectivity index (χ1) is 12.8. The lowest BCUT2D eigenvalue weighted by Gasteiger charge is -2.18. The highest BCUT2D eigenvalue weighted by atomic mass is 32.2. The van der Waals surface area contributed by atoms with Gasteiger partial charge in [0.1, 0.15) is 6.04 Å². The van der Waals surface area contributed by atoms with Crippen LogP contribution in [-0.2, 0) is 19.8 Å². The second kappa shape index (κ2) is 9.40. The van der Waals surface area contributed by atoms with Crippen molar-refractivity contribution in [3.63, 3.8) is 0 Å². The monoisotopic (exact) mass is 393 g/mol. The number of rotatable bonds is 9. The minimum atomic E-state index is -3.73. The summed E-state index contributed by atoms with van der Waals surface area (Å²) >= 11 is 0. The van der Waals surface area contributed by atoms with Gasteiger partial charge in [-0.05, 0) is 31.4 Å². The molecular weight excluding hydrogens is 370 g/mol. The molecule has 0 saturated carbocycles. The summed E-state index contributed by atoms with van der Waals surface area (Å²) in [5.41, 5.74) is 1.22. The number of pyridine rings is 1. The smallest absolute Gasteiger partial charge is 0.274 e. The summed E-state index contributed by atoms with van der Waals surface area (Å²) in [7, 11) is -3.73. The summed E-state index contributed by atoms with van der Waals surface area (Å²) in [6, 6.07) is 8.41. The first kappa shape index (κ1) is 20.7. The minimum Gasteiger partial charge on any atom is -0.345 e. The first-order valence-electron chi connectivity index (χ1n) is 8.45. The van der Waals surface area contributed by atoms with Gasteiger partial charge in [-0.25, -0.2) is 9.86 Å². The summed E-state index contributed by atoms with van der Waals surface area (Å²) in [5, 5.41) is 11.2. The van der Waals surface area contributed by atoms with Gasteiger partial charge in [-0.2, -0.15) is 8.42 Å². The molecule has 0 aliphatic heterocycles. The van der Waals surface area contributed by atoms with Gasteiger partial charge in [0.2, 0.25) is 11.8 Å². The van der Waals surface area contributed by atoms with Crippen molar-refractivity contribution in [2.24, 2.45) is 5.14 Å². The number of benzene rings is 1. The number of para-hydroxylation sites is 1. The molecule has 2 aromatic rings. The number of hydrogen-bond donors (Lipinski definition) is 4. The van der Waals surface area contributed by atoms with Crippen molar-refractivity contribution < 1.29 is 18.0 Å². The molecule has 0 spiro atoms. The topological polar surface area (TPSA) is 143 Å². The number of fused-ring (bicyclic) bond motifs is 1. The Bertz CT molecular complexity index is 911. The lowest BCUT2D eigenvalue weighted by molar-refractivity contribution is -0.125. The van der Waals surface area contributed by atoms with Gasteiger partial charge in [0.15, 0.2) is 0 Å². The Balaban J connectivity index is 2.00. The highest BCUT2D eigenvalue weighted by Crippen LogP contribution is 2.21. The standard InChI is InChI=1S/C17H23N5O4S/c1-12(23)21-15(8-2-3-11-20-27(18,25)26)17(24)22-14-9-4-6-13-7-5-10-19-16(13)14/h4-7,9-10,15,20H,2-3,8,11H2,1H3,(H,21,23)(H,22,24)(H2,18,25,26)/t15-/m0/s1. The number of nitrogens with two attached hydrogens (primary N) is 1. The second-order valence-electron chi connectivity index (χ2n) is 6.06. The fraction of sp³-hybridized carbons (Fsp3) is 0.353. The molecule has 5 N–H and O–H groups in total. The van der Waals surface area contributed by atoms with Crippen molar-refractivity contribution >= 4 is 38.6 Å². The van der Waals surface area contributed by atoms with Gasteiger partial charge < -0.3 is 10.6 Å². The summed E-state index contributed by atoms with van der Waals surface area (Å²) < 4.78 is 23.8. The number of aromatic nitrogens is 1. The molecule has 10 heteroatoms. The fourth-order valence-electron chi connectivity index (χ4n) is 2.63. The molecule has 2 rings (SSSR count). The first-order valence-corrected chi connectivity index (χ1v) is 10.00. The molecule has 27 heavy (non-hydrogen) atoms. The SMILES string of the molecule is CC(=O)N[C@@H](CCCCNS(N)(=O)=O)C(=O)Nc1cccc2cccnc12. The average Bonchev–Trinajstić information content (AvgIpc) is 2.59. The summed E-state index contributed by atoms with van der Waals surface area (Å²) in [5.74, 6) is -0.684. The average molecular weight is 393 g/mol. The normalized spacial score (nSPS) is 12.5. The molecule has 0 aliphatic carbocycles. The van der Waals surface area contributed by atoms with E-state index in [0.29, 0.717) is 30.5 Å². The largest absolute Gasteiger partial charge is 0.345 e. The lowest BCUT2D eigenvalue weighted by atomic mass is 10.1. The zero-order valence-corrected chi connectivity index (χ0v) is 15.8. The molecule has 0 bridgehead atoms. The number of nitrogens with zero attached hydrogens (tertiary/aromatic N) is 1. The van der Waals surface area contributed by atoms with E-state index in [0.717, 1.165) is 5.39 Å². The van der Waals surface area contributed by atoms with Gasteiger partial charge in [-0.15, -0.1) is 0 Å². The molecule has 0 fully saturated rings. The van der Waals surface area contributed by atoms with Crippen molar-refractivity contribution in [2.75, 3.05) is 11.9 Å². The van der Waals surface area contributed by atoms with Crippen LogP contribution >= 0.6 is 0 Å². The van der Waals surface area contributed by atoms with Crippen LogP contribution in [0.1, 0.15) is 26.2 Å². The maximum atomic E-state index is 12.6. The Hall–Kier alpha value is -2.56. The van der Waals surface area contributed by atoms with Gasteiger partial charge in [-0.3, -0.25) is 14.6 Å². The van der Waals surface area contributed by atoms with Crippen LogP contribution in [0, 0.1) is 0 Å². The molecule has 1 aromatic carbocycles. The Kier molecular flexibility index (Phi) is 7.22. The number of carbonyl (C=O) groups is 2. The number of unbranched alkanes of at least 4 members (excludes halogenated alkanes) is 1. The molecule has 1 atom stereocenters. The van der Waals surface area contributed by atoms with Gasteiger partial charge in [0, 0.05) is 25.1 Å². The van der Waals surface area contributed by atoms with Gasteiger partial charge in [0.25, 0.3) is 10.2 Å². The third-order valence-electron chi connectivity index (χ3n) is 3.81. The molecular formula is C17H23N5O4S. The predicted octanol–water partition coefficient (Wildman–Crippen LogP) is 0.641. The third-order valence-corrected chi connectivity index (χ3v) is 4.41. The molecule has 1 aromatic heterocycles. The van der Waals surface area contributed by atoms with Crippen molar-refractivity contribution in [1.82, 2.24) is 15.0 Å². The number of anilines is 1. The molecule has 1 heterocycles. The minimum absolute atomic E-state index is 0.167. The molecule has 0 unspecified atom stereocenters. The quantitative estimate of drug-likeness (QED) is 0.462. The molecule has 0 radical (unpaired) electrons. The maximum absolute atomic E-state index is 12.6. The lowest BCUT2D eigenvalue weighted by Crippen LogP contribution is -2.43. The summed E-state index contributed by atoms with van der Waals surface area (Å²) in [6.45, 7) is 1.50. The Morgan fingerprint density at radius 2 is 1.93 bits per heavy atom. The molecule has 0 aliphatic rings. The van der Waals surface area contributed by atoms with Gasteiger partial charge >= 0.3 is 0 Å². The summed E-state index contributed by atoms with van der Waals surface area (Å²) in [4.78, 5) is 28.3. The number of nitrogens with one attached hydrogen (secondary N) is 3. The van der Waals surface area contributed by atoms with E-state index < -0.39 is 16.3 Å². The van der Waals surface area contributed by atoms with Crippen molar-refractivity contribution in [3.05, 3.63) is 36.5 Å². The van der Waals surface area contributed by atoms with Crippen LogP contribution in [0.3, 0.4) is 0 Å². The highest BCUT2D eigenvalue weighted by molar-refractivity contribution is 7.87. The van der Waals surface area contributed by atoms with Crippen LogP contribution in [0.25, 0.3) is 10.9 Å². The van der Waals surface area contributed by atoms with E-state index in [9.17, 15) is 18.0 Å². The van der Waals surface area contributed by atoms with E-state index in [-0.39, 0.29) is 18.4 Å². The highest BCUT2D eigenvalue weighted by Gasteiger charge is 2.20. The van der Waals surface area contributed by atoms with Gasteiger partial charge in [0.05, 0.1) is 11.2 Å². The van der Waals surface area contributed by atoms with E-state index >= 15 is 0 Å². The zero-order valence-electron chi connectivity index (χ0n) is 14.9. The predicted molar refractivity (Wildman–Crippen MR) is 103 cm³/mol. The van der Waals surface area contributed by atoms with Crippen LogP contribution in [0.15, 0.2) is 36.5 Å². The molecule has 0 saturated heterocycles. The van der Waals surface area contributed by atoms with Crippen LogP contribution < -0.4 is 20.5 Å². The number of amides is 2.